The molecule has 3 rings (SSSR count). The molecule has 6 heteroatoms. The number of pyridine rings is 1. The van der Waals surface area contributed by atoms with Crippen molar-refractivity contribution in [3.63, 3.8) is 0 Å². The molecule has 1 aromatic carbocycles. The van der Waals surface area contributed by atoms with E-state index < -0.39 is 0 Å². The summed E-state index contributed by atoms with van der Waals surface area (Å²) in [5.41, 5.74) is 2.03. The van der Waals surface area contributed by atoms with Crippen molar-refractivity contribution in [2.24, 2.45) is 0 Å². The van der Waals surface area contributed by atoms with Gasteiger partial charge in [-0.25, -0.2) is 14.2 Å². The first-order valence-corrected chi connectivity index (χ1v) is 7.61. The van der Waals surface area contributed by atoms with Crippen LogP contribution in [0.25, 0.3) is 0 Å². The van der Waals surface area contributed by atoms with Gasteiger partial charge in [-0.2, -0.15) is 0 Å². The monoisotopic (exact) mass is 314 g/mol. The Kier molecular flexibility index (Phi) is 4.41. The van der Waals surface area contributed by atoms with Crippen LogP contribution in [0.3, 0.4) is 0 Å². The maximum atomic E-state index is 13.0. The molecule has 1 aliphatic heterocycles. The number of aromatic nitrogens is 1. The molecule has 2 heterocycles. The Morgan fingerprint density at radius 1 is 1.09 bits per heavy atom. The predicted molar refractivity (Wildman–Crippen MR) is 88.2 cm³/mol. The molecular weight excluding hydrogens is 295 g/mol. The number of benzene rings is 1. The lowest BCUT2D eigenvalue weighted by Crippen LogP contribution is -2.50. The fourth-order valence-corrected chi connectivity index (χ4v) is 2.55. The Hall–Kier alpha value is -2.63. The zero-order valence-corrected chi connectivity index (χ0v) is 13.0. The molecule has 23 heavy (non-hydrogen) atoms. The zero-order chi connectivity index (χ0) is 16.2. The van der Waals surface area contributed by atoms with Crippen molar-refractivity contribution < 1.29 is 9.18 Å². The van der Waals surface area contributed by atoms with Gasteiger partial charge in [0.15, 0.2) is 0 Å². The molecule has 0 saturated carbocycles. The molecule has 120 valence electrons. The zero-order valence-electron chi connectivity index (χ0n) is 13.0. The Balaban J connectivity index is 1.54. The number of nitrogens with zero attached hydrogens (tertiary/aromatic N) is 3. The molecule has 1 aromatic heterocycles. The van der Waals surface area contributed by atoms with Crippen LogP contribution in [0.5, 0.6) is 0 Å². The van der Waals surface area contributed by atoms with E-state index in [0.29, 0.717) is 18.9 Å². The van der Waals surface area contributed by atoms with E-state index in [9.17, 15) is 9.18 Å². The molecule has 2 amide bonds. The van der Waals surface area contributed by atoms with Gasteiger partial charge in [0.1, 0.15) is 11.6 Å². The van der Waals surface area contributed by atoms with E-state index in [0.717, 1.165) is 24.3 Å². The quantitative estimate of drug-likeness (QED) is 0.927. The van der Waals surface area contributed by atoms with Crippen LogP contribution in [-0.2, 0) is 0 Å². The van der Waals surface area contributed by atoms with E-state index in [1.54, 1.807) is 29.3 Å². The number of carbonyl (C=O) groups is 1. The van der Waals surface area contributed by atoms with Crippen LogP contribution < -0.4 is 10.2 Å². The molecule has 2 aromatic rings. The molecule has 1 N–H and O–H groups in total. The fourth-order valence-electron chi connectivity index (χ4n) is 2.55. The lowest BCUT2D eigenvalue weighted by atomic mass is 10.2. The summed E-state index contributed by atoms with van der Waals surface area (Å²) in [4.78, 5) is 20.3. The van der Waals surface area contributed by atoms with Gasteiger partial charge in [-0.1, -0.05) is 6.07 Å². The maximum Gasteiger partial charge on any atom is 0.323 e. The summed E-state index contributed by atoms with van der Waals surface area (Å²) in [5.74, 6) is 0.318. The highest BCUT2D eigenvalue weighted by atomic mass is 19.1. The first-order valence-electron chi connectivity index (χ1n) is 7.61. The van der Waals surface area contributed by atoms with Gasteiger partial charge in [0, 0.05) is 38.1 Å². The molecule has 1 fully saturated rings. The number of amides is 2. The number of aryl methyl sites for hydroxylation is 1. The third kappa shape index (κ3) is 3.77. The summed E-state index contributed by atoms with van der Waals surface area (Å²) in [6.45, 7) is 4.64. The molecule has 0 bridgehead atoms. The molecule has 0 unspecified atom stereocenters. The first-order chi connectivity index (χ1) is 11.1. The topological polar surface area (TPSA) is 48.5 Å². The third-order valence-corrected chi connectivity index (χ3v) is 3.91. The van der Waals surface area contributed by atoms with Crippen LogP contribution in [-0.4, -0.2) is 42.1 Å². The van der Waals surface area contributed by atoms with Gasteiger partial charge in [0.25, 0.3) is 0 Å². The standard InChI is InChI=1S/C17H19FN4O/c1-13-2-7-16(19-12-13)20-17(23)22-10-8-21(9-11-22)15-5-3-14(18)4-6-15/h2-7,12H,8-11H2,1H3,(H,19,20,23). The molecule has 1 aliphatic rings. The molecule has 1 saturated heterocycles. The van der Waals surface area contributed by atoms with Crippen molar-refractivity contribution in [2.75, 3.05) is 36.4 Å². The molecule has 0 radical (unpaired) electrons. The van der Waals surface area contributed by atoms with Crippen LogP contribution in [0.1, 0.15) is 5.56 Å². The van der Waals surface area contributed by atoms with Crippen molar-refractivity contribution in [1.29, 1.82) is 0 Å². The fraction of sp³-hybridized carbons (Fsp3) is 0.294. The van der Waals surface area contributed by atoms with Gasteiger partial charge < -0.3 is 9.80 Å². The van der Waals surface area contributed by atoms with E-state index in [4.69, 9.17) is 0 Å². The molecule has 0 atom stereocenters. The Morgan fingerprint density at radius 2 is 1.78 bits per heavy atom. The second-order valence-corrected chi connectivity index (χ2v) is 5.60. The number of carbonyl (C=O) groups excluding carboxylic acids is 1. The van der Waals surface area contributed by atoms with Crippen molar-refractivity contribution in [3.8, 4) is 0 Å². The van der Waals surface area contributed by atoms with Crippen molar-refractivity contribution >= 4 is 17.5 Å². The van der Waals surface area contributed by atoms with E-state index in [-0.39, 0.29) is 11.8 Å². The summed E-state index contributed by atoms with van der Waals surface area (Å²) in [5, 5.41) is 2.81. The second kappa shape index (κ2) is 6.64. The van der Waals surface area contributed by atoms with E-state index in [1.165, 1.54) is 12.1 Å². The number of rotatable bonds is 2. The van der Waals surface area contributed by atoms with E-state index in [1.807, 2.05) is 13.0 Å². The number of halogens is 1. The number of hydrogen-bond donors (Lipinski definition) is 1. The lowest BCUT2D eigenvalue weighted by molar-refractivity contribution is 0.208. The molecule has 5 nitrogen and oxygen atoms in total. The predicted octanol–water partition coefficient (Wildman–Crippen LogP) is 2.88. The largest absolute Gasteiger partial charge is 0.368 e. The SMILES string of the molecule is Cc1ccc(NC(=O)N2CCN(c3ccc(F)cc3)CC2)nc1. The second-order valence-electron chi connectivity index (χ2n) is 5.60. The van der Waals surface area contributed by atoms with Gasteiger partial charge in [0.2, 0.25) is 0 Å². The van der Waals surface area contributed by atoms with Crippen LogP contribution in [0.2, 0.25) is 0 Å². The van der Waals surface area contributed by atoms with Crippen LogP contribution in [0, 0.1) is 12.7 Å². The van der Waals surface area contributed by atoms with Crippen LogP contribution >= 0.6 is 0 Å². The highest BCUT2D eigenvalue weighted by molar-refractivity contribution is 5.88. The summed E-state index contributed by atoms with van der Waals surface area (Å²) >= 11 is 0. The molecule has 0 spiro atoms. The minimum absolute atomic E-state index is 0.139. The summed E-state index contributed by atoms with van der Waals surface area (Å²) in [6.07, 6.45) is 1.72. The summed E-state index contributed by atoms with van der Waals surface area (Å²) in [6, 6.07) is 10.0. The normalized spacial score (nSPS) is 14.7. The van der Waals surface area contributed by atoms with Gasteiger partial charge in [-0.3, -0.25) is 5.32 Å². The number of anilines is 2. The van der Waals surface area contributed by atoms with Gasteiger partial charge >= 0.3 is 6.03 Å². The molecule has 0 aliphatic carbocycles. The van der Waals surface area contributed by atoms with E-state index in [2.05, 4.69) is 15.2 Å². The minimum Gasteiger partial charge on any atom is -0.368 e. The van der Waals surface area contributed by atoms with Crippen LogP contribution in [0.4, 0.5) is 20.7 Å². The average molecular weight is 314 g/mol. The Morgan fingerprint density at radius 3 is 2.39 bits per heavy atom. The third-order valence-electron chi connectivity index (χ3n) is 3.91. The summed E-state index contributed by atoms with van der Waals surface area (Å²) < 4.78 is 13.0. The Bertz CT molecular complexity index is 664. The number of hydrogen-bond acceptors (Lipinski definition) is 3. The Labute approximate surface area is 134 Å². The van der Waals surface area contributed by atoms with Crippen molar-refractivity contribution in [2.45, 2.75) is 6.92 Å². The number of nitrogens with one attached hydrogen (secondary N) is 1. The number of piperazine rings is 1. The van der Waals surface area contributed by atoms with Gasteiger partial charge in [0.05, 0.1) is 0 Å². The van der Waals surface area contributed by atoms with Crippen molar-refractivity contribution in [1.82, 2.24) is 9.88 Å². The molecular formula is C17H19FN4O. The smallest absolute Gasteiger partial charge is 0.323 e. The van der Waals surface area contributed by atoms with Gasteiger partial charge in [-0.05, 0) is 42.8 Å². The first kappa shape index (κ1) is 15.3. The highest BCUT2D eigenvalue weighted by Crippen LogP contribution is 2.17. The summed E-state index contributed by atoms with van der Waals surface area (Å²) in [7, 11) is 0. The van der Waals surface area contributed by atoms with Crippen molar-refractivity contribution in [3.05, 3.63) is 54.0 Å². The maximum absolute atomic E-state index is 13.0. The minimum atomic E-state index is -0.239. The highest BCUT2D eigenvalue weighted by Gasteiger charge is 2.21. The lowest BCUT2D eigenvalue weighted by Gasteiger charge is -2.36. The average Bonchev–Trinajstić information content (AvgIpc) is 2.58. The van der Waals surface area contributed by atoms with Gasteiger partial charge in [-0.15, -0.1) is 0 Å². The van der Waals surface area contributed by atoms with Crippen LogP contribution in [0.15, 0.2) is 42.6 Å². The van der Waals surface area contributed by atoms with E-state index >= 15 is 0 Å². The number of urea groups is 1.